The highest BCUT2D eigenvalue weighted by molar-refractivity contribution is 7.98. The first-order chi connectivity index (χ1) is 11.4. The van der Waals surface area contributed by atoms with Gasteiger partial charge in [0.25, 0.3) is 0 Å². The molecule has 0 spiro atoms. The van der Waals surface area contributed by atoms with Crippen LogP contribution in [0, 0.1) is 11.3 Å². The first-order valence-electron chi connectivity index (χ1n) is 7.54. The summed E-state index contributed by atoms with van der Waals surface area (Å²) in [5, 5.41) is 11.4. The molecule has 3 heteroatoms. The van der Waals surface area contributed by atoms with E-state index in [0.717, 1.165) is 17.3 Å². The molecule has 0 aliphatic heterocycles. The van der Waals surface area contributed by atoms with E-state index in [0.29, 0.717) is 12.2 Å². The van der Waals surface area contributed by atoms with Gasteiger partial charge in [0.1, 0.15) is 5.75 Å². The Hall–Kier alpha value is -2.44. The summed E-state index contributed by atoms with van der Waals surface area (Å²) in [5.74, 6) is 2.73. The maximum absolute atomic E-state index is 8.76. The van der Waals surface area contributed by atoms with Gasteiger partial charge in [-0.3, -0.25) is 0 Å². The van der Waals surface area contributed by atoms with E-state index < -0.39 is 0 Å². The topological polar surface area (TPSA) is 33.0 Å². The van der Waals surface area contributed by atoms with Crippen LogP contribution in [0.4, 0.5) is 0 Å². The highest BCUT2D eigenvalue weighted by Gasteiger charge is 2.01. The van der Waals surface area contributed by atoms with E-state index in [1.165, 1.54) is 16.3 Å². The number of nitriles is 1. The molecule has 23 heavy (non-hydrogen) atoms. The second-order valence-corrected chi connectivity index (χ2v) is 6.28. The van der Waals surface area contributed by atoms with Gasteiger partial charge in [0, 0.05) is 11.5 Å². The van der Waals surface area contributed by atoms with Gasteiger partial charge in [0.15, 0.2) is 0 Å². The molecular weight excluding hydrogens is 302 g/mol. The van der Waals surface area contributed by atoms with Crippen LogP contribution in [0.3, 0.4) is 0 Å². The summed E-state index contributed by atoms with van der Waals surface area (Å²) in [4.78, 5) is 0. The zero-order chi connectivity index (χ0) is 15.9. The van der Waals surface area contributed by atoms with Gasteiger partial charge in [-0.1, -0.05) is 42.5 Å². The van der Waals surface area contributed by atoms with Crippen LogP contribution in [0.2, 0.25) is 0 Å². The minimum Gasteiger partial charge on any atom is -0.493 e. The molecule has 0 atom stereocenters. The van der Waals surface area contributed by atoms with Crippen LogP contribution in [0.1, 0.15) is 11.1 Å². The van der Waals surface area contributed by atoms with Gasteiger partial charge < -0.3 is 4.74 Å². The molecule has 2 nitrogen and oxygen atoms in total. The predicted molar refractivity (Wildman–Crippen MR) is 96.8 cm³/mol. The lowest BCUT2D eigenvalue weighted by atomic mass is 10.1. The number of nitrogens with zero attached hydrogens (tertiary/aromatic N) is 1. The van der Waals surface area contributed by atoms with Crippen LogP contribution in [0.5, 0.6) is 5.75 Å². The lowest BCUT2D eigenvalue weighted by molar-refractivity contribution is 0.344. The summed E-state index contributed by atoms with van der Waals surface area (Å²) in [6.45, 7) is 0.668. The number of thioether (sulfide) groups is 1. The SMILES string of the molecule is N#Cc1ccc(OCCSCc2cccc3ccccc23)cc1. The maximum Gasteiger partial charge on any atom is 0.119 e. The Bertz CT molecular complexity index is 816. The van der Waals surface area contributed by atoms with Gasteiger partial charge in [0.05, 0.1) is 18.2 Å². The summed E-state index contributed by atoms with van der Waals surface area (Å²) in [5.41, 5.74) is 2.02. The molecule has 0 aliphatic carbocycles. The Morgan fingerprint density at radius 3 is 2.52 bits per heavy atom. The van der Waals surface area contributed by atoms with Crippen molar-refractivity contribution in [3.05, 3.63) is 77.9 Å². The van der Waals surface area contributed by atoms with Crippen LogP contribution in [0.15, 0.2) is 66.7 Å². The molecule has 3 aromatic carbocycles. The van der Waals surface area contributed by atoms with E-state index in [4.69, 9.17) is 10.00 Å². The van der Waals surface area contributed by atoms with Crippen molar-refractivity contribution in [2.75, 3.05) is 12.4 Å². The van der Waals surface area contributed by atoms with E-state index >= 15 is 0 Å². The molecule has 0 heterocycles. The van der Waals surface area contributed by atoms with Crippen molar-refractivity contribution in [1.82, 2.24) is 0 Å². The summed E-state index contributed by atoms with van der Waals surface area (Å²) < 4.78 is 5.70. The highest BCUT2D eigenvalue weighted by Crippen LogP contribution is 2.22. The Labute approximate surface area is 140 Å². The molecule has 0 aromatic heterocycles. The Morgan fingerprint density at radius 2 is 1.70 bits per heavy atom. The van der Waals surface area contributed by atoms with Crippen molar-refractivity contribution in [1.29, 1.82) is 5.26 Å². The van der Waals surface area contributed by atoms with Gasteiger partial charge in [-0.15, -0.1) is 0 Å². The molecule has 0 aliphatic rings. The number of ether oxygens (including phenoxy) is 1. The van der Waals surface area contributed by atoms with Crippen LogP contribution < -0.4 is 4.74 Å². The minimum atomic E-state index is 0.655. The molecule has 0 radical (unpaired) electrons. The number of benzene rings is 3. The maximum atomic E-state index is 8.76. The fourth-order valence-electron chi connectivity index (χ4n) is 2.44. The van der Waals surface area contributed by atoms with Gasteiger partial charge in [-0.25, -0.2) is 0 Å². The molecule has 0 saturated carbocycles. The lowest BCUT2D eigenvalue weighted by Crippen LogP contribution is -2.00. The van der Waals surface area contributed by atoms with Crippen LogP contribution in [-0.2, 0) is 5.75 Å². The largest absolute Gasteiger partial charge is 0.493 e. The number of hydrogen-bond donors (Lipinski definition) is 0. The Morgan fingerprint density at radius 1 is 0.913 bits per heavy atom. The Kier molecular flexibility index (Phi) is 5.18. The monoisotopic (exact) mass is 319 g/mol. The van der Waals surface area contributed by atoms with E-state index in [1.807, 2.05) is 23.9 Å². The number of fused-ring (bicyclic) bond motifs is 1. The molecule has 114 valence electrons. The molecule has 0 bridgehead atoms. The molecule has 0 amide bonds. The van der Waals surface area contributed by atoms with Crippen LogP contribution in [-0.4, -0.2) is 12.4 Å². The third-order valence-corrected chi connectivity index (χ3v) is 4.59. The molecule has 0 fully saturated rings. The standard InChI is InChI=1S/C20H17NOS/c21-14-16-8-10-19(11-9-16)22-12-13-23-15-18-6-3-5-17-4-1-2-7-20(17)18/h1-11H,12-13,15H2. The smallest absolute Gasteiger partial charge is 0.119 e. The first-order valence-corrected chi connectivity index (χ1v) is 8.69. The van der Waals surface area contributed by atoms with Crippen LogP contribution >= 0.6 is 11.8 Å². The van der Waals surface area contributed by atoms with E-state index in [9.17, 15) is 0 Å². The van der Waals surface area contributed by atoms with Gasteiger partial charge in [-0.2, -0.15) is 17.0 Å². The average Bonchev–Trinajstić information content (AvgIpc) is 2.62. The fourth-order valence-corrected chi connectivity index (χ4v) is 3.26. The van der Waals surface area contributed by atoms with Gasteiger partial charge in [0.2, 0.25) is 0 Å². The highest BCUT2D eigenvalue weighted by atomic mass is 32.2. The third-order valence-electron chi connectivity index (χ3n) is 3.62. The average molecular weight is 319 g/mol. The first kappa shape index (κ1) is 15.5. The van der Waals surface area contributed by atoms with Crippen molar-refractivity contribution in [3.8, 4) is 11.8 Å². The molecule has 0 saturated heterocycles. The number of hydrogen-bond acceptors (Lipinski definition) is 3. The second kappa shape index (κ2) is 7.71. The molecule has 3 rings (SSSR count). The van der Waals surface area contributed by atoms with Gasteiger partial charge in [-0.05, 0) is 40.6 Å². The van der Waals surface area contributed by atoms with Crippen LogP contribution in [0.25, 0.3) is 10.8 Å². The van der Waals surface area contributed by atoms with E-state index in [2.05, 4.69) is 48.5 Å². The van der Waals surface area contributed by atoms with Crippen molar-refractivity contribution in [2.45, 2.75) is 5.75 Å². The quantitative estimate of drug-likeness (QED) is 0.598. The van der Waals surface area contributed by atoms with Gasteiger partial charge >= 0.3 is 0 Å². The van der Waals surface area contributed by atoms with Crippen molar-refractivity contribution >= 4 is 22.5 Å². The summed E-state index contributed by atoms with van der Waals surface area (Å²) in [7, 11) is 0. The Balaban J connectivity index is 1.48. The molecule has 0 N–H and O–H groups in total. The second-order valence-electron chi connectivity index (χ2n) is 5.18. The zero-order valence-corrected chi connectivity index (χ0v) is 13.6. The lowest BCUT2D eigenvalue weighted by Gasteiger charge is -2.08. The van der Waals surface area contributed by atoms with E-state index in [1.54, 1.807) is 12.1 Å². The molecule has 3 aromatic rings. The number of rotatable bonds is 6. The summed E-state index contributed by atoms with van der Waals surface area (Å²) in [6.07, 6.45) is 0. The van der Waals surface area contributed by atoms with Crippen molar-refractivity contribution < 1.29 is 4.74 Å². The van der Waals surface area contributed by atoms with Crippen molar-refractivity contribution in [3.63, 3.8) is 0 Å². The van der Waals surface area contributed by atoms with E-state index in [-0.39, 0.29) is 0 Å². The summed E-state index contributed by atoms with van der Waals surface area (Å²) in [6, 6.07) is 24.3. The minimum absolute atomic E-state index is 0.655. The normalized spacial score (nSPS) is 10.4. The van der Waals surface area contributed by atoms with Crippen molar-refractivity contribution in [2.24, 2.45) is 0 Å². The molecular formula is C20H17NOS. The third kappa shape index (κ3) is 4.06. The fraction of sp³-hybridized carbons (Fsp3) is 0.150. The predicted octanol–water partition coefficient (Wildman–Crippen LogP) is 5.02. The zero-order valence-electron chi connectivity index (χ0n) is 12.7. The molecule has 0 unspecified atom stereocenters. The summed E-state index contributed by atoms with van der Waals surface area (Å²) >= 11 is 1.87.